The molecule has 0 aliphatic carbocycles. The van der Waals surface area contributed by atoms with E-state index in [2.05, 4.69) is 58.9 Å². The Bertz CT molecular complexity index is 557. The van der Waals surface area contributed by atoms with Crippen molar-refractivity contribution in [2.75, 3.05) is 0 Å². The van der Waals surface area contributed by atoms with Gasteiger partial charge in [-0.25, -0.2) is 0 Å². The van der Waals surface area contributed by atoms with Crippen molar-refractivity contribution in [1.82, 2.24) is 0 Å². The van der Waals surface area contributed by atoms with Crippen LogP contribution in [0.2, 0.25) is 95.2 Å². The van der Waals surface area contributed by atoms with Gasteiger partial charge in [0.15, 0.2) is 35.4 Å². The lowest BCUT2D eigenvalue weighted by Crippen LogP contribution is -2.55. The zero-order chi connectivity index (χ0) is 29.1. The molecule has 0 N–H and O–H groups in total. The Morgan fingerprint density at radius 2 is 1.16 bits per heavy atom. The van der Waals surface area contributed by atoms with E-state index in [-0.39, 0.29) is 39.1 Å². The van der Waals surface area contributed by atoms with Crippen LogP contribution in [0, 0.1) is 0 Å². The van der Waals surface area contributed by atoms with Crippen LogP contribution in [0.5, 0.6) is 0 Å². The van der Waals surface area contributed by atoms with Gasteiger partial charge in [-0.15, -0.1) is 0 Å². The first-order valence-electron chi connectivity index (χ1n) is 14.9. The summed E-state index contributed by atoms with van der Waals surface area (Å²) in [5.41, 5.74) is 0. The van der Waals surface area contributed by atoms with Crippen molar-refractivity contribution in [2.24, 2.45) is 0 Å². The summed E-state index contributed by atoms with van der Waals surface area (Å²) in [5.74, 6) is 0. The second kappa shape index (κ2) is 22.8. The maximum atomic E-state index is 7.02. The quantitative estimate of drug-likeness (QED) is 0.0871. The van der Waals surface area contributed by atoms with Crippen LogP contribution >= 0.6 is 0 Å². The molecule has 0 aromatic rings. The minimum atomic E-state index is -2.70. The predicted octanol–water partition coefficient (Wildman–Crippen LogP) is -0.478. The lowest BCUT2D eigenvalue weighted by atomic mass is 10.6. The highest BCUT2D eigenvalue weighted by molar-refractivity contribution is 6.85. The van der Waals surface area contributed by atoms with Gasteiger partial charge in [0.25, 0.3) is 0 Å². The Hall–Kier alpha value is 2.28. The molecule has 0 saturated heterocycles. The molecule has 0 aromatic carbocycles. The molecule has 38 heavy (non-hydrogen) atoms. The van der Waals surface area contributed by atoms with Gasteiger partial charge in [0.2, 0.25) is 0 Å². The normalized spacial score (nSPS) is 18.8. The summed E-state index contributed by atoms with van der Waals surface area (Å²) >= 11 is 0. The predicted molar refractivity (Wildman–Crippen MR) is 197 cm³/mol. The van der Waals surface area contributed by atoms with Crippen molar-refractivity contribution < 1.29 is 32.9 Å². The molecule has 230 valence electrons. The van der Waals surface area contributed by atoms with Crippen molar-refractivity contribution in [2.45, 2.75) is 114 Å². The van der Waals surface area contributed by atoms with Gasteiger partial charge in [-0.2, -0.15) is 0 Å². The molecule has 8 nitrogen and oxygen atoms in total. The molecule has 0 saturated carbocycles. The summed E-state index contributed by atoms with van der Waals surface area (Å²) in [6.45, 7) is 20.4. The molecule has 0 aliphatic heterocycles. The van der Waals surface area contributed by atoms with Crippen LogP contribution < -0.4 is 0 Å². The lowest BCUT2D eigenvalue weighted by molar-refractivity contribution is 0.268. The van der Waals surface area contributed by atoms with Gasteiger partial charge >= 0.3 is 17.6 Å². The van der Waals surface area contributed by atoms with E-state index in [0.29, 0.717) is 21.0 Å². The zero-order valence-electron chi connectivity index (χ0n) is 26.7. The van der Waals surface area contributed by atoms with Gasteiger partial charge in [-0.3, -0.25) is 0 Å². The van der Waals surface area contributed by atoms with E-state index >= 15 is 0 Å². The summed E-state index contributed by atoms with van der Waals surface area (Å²) < 4.78 is 50.6. The first kappa shape index (κ1) is 40.3. The maximum Gasteiger partial charge on any atom is 0.468 e. The van der Waals surface area contributed by atoms with Crippen molar-refractivity contribution in [3.05, 3.63) is 0 Å². The zero-order valence-corrected chi connectivity index (χ0v) is 42.8. The Morgan fingerprint density at radius 1 is 0.684 bits per heavy atom. The fraction of sp³-hybridized carbons (Fsp3) is 1.00. The van der Waals surface area contributed by atoms with Crippen LogP contribution in [0.25, 0.3) is 0 Å². The second-order valence-corrected chi connectivity index (χ2v) is 38.7. The van der Waals surface area contributed by atoms with Crippen LogP contribution in [0.1, 0.15) is 19.3 Å². The van der Waals surface area contributed by atoms with Gasteiger partial charge in [0, 0.05) is 12.6 Å². The summed E-state index contributed by atoms with van der Waals surface area (Å²) in [6.07, 6.45) is 3.51. The van der Waals surface area contributed by atoms with Gasteiger partial charge in [0.1, 0.15) is 60.0 Å². The molecule has 20 heteroatoms. The second-order valence-electron chi connectivity index (χ2n) is 11.1. The van der Waals surface area contributed by atoms with Crippen LogP contribution in [0.4, 0.5) is 0 Å². The average Bonchev–Trinajstić information content (AvgIpc) is 2.82. The molecule has 0 bridgehead atoms. The molecule has 0 aliphatic rings. The monoisotopic (exact) mass is 742 g/mol. The fourth-order valence-corrected chi connectivity index (χ4v) is 37.2. The van der Waals surface area contributed by atoms with Crippen LogP contribution in [0.3, 0.4) is 0 Å². The minimum absolute atomic E-state index is 0.232. The highest BCUT2D eigenvalue weighted by atomic mass is 28.5. The van der Waals surface area contributed by atoms with Crippen molar-refractivity contribution in [1.29, 1.82) is 0 Å². The smallest absolute Gasteiger partial charge is 0.465 e. The Kier molecular flexibility index (Phi) is 24.1. The van der Waals surface area contributed by atoms with Gasteiger partial charge < -0.3 is 32.9 Å². The fourth-order valence-electron chi connectivity index (χ4n) is 4.57. The number of rotatable bonds is 26. The van der Waals surface area contributed by atoms with E-state index < -0.39 is 53.0 Å². The van der Waals surface area contributed by atoms with Crippen molar-refractivity contribution >= 4 is 113 Å². The highest BCUT2D eigenvalue weighted by Crippen LogP contribution is 2.28. The molecule has 2 atom stereocenters. The van der Waals surface area contributed by atoms with E-state index in [1.807, 2.05) is 0 Å². The third-order valence-corrected chi connectivity index (χ3v) is 37.1. The molecular formula is C18H62O8Si12. The van der Waals surface area contributed by atoms with E-state index in [1.165, 1.54) is 37.0 Å². The molecule has 0 amide bonds. The van der Waals surface area contributed by atoms with E-state index in [1.54, 1.807) is 0 Å². The lowest BCUT2D eigenvalue weighted by Gasteiger charge is -2.38. The van der Waals surface area contributed by atoms with Gasteiger partial charge in [0.05, 0.1) is 0 Å². The standard InChI is InChI=1S/C18H62O8Si12/c1-29-21-31-13-10-15-34(5)24-37(9,25-35(6)16-11-14-32-22-30-2)26-36(7,8)17-12-18-38(19-27,20-28)23-33(3)4/h33-35H,10-18,29-32H2,1-9,27-28H3. The Labute approximate surface area is 259 Å². The van der Waals surface area contributed by atoms with E-state index in [0.717, 1.165) is 18.5 Å². The van der Waals surface area contributed by atoms with E-state index in [4.69, 9.17) is 32.9 Å². The molecular weight excluding hydrogens is 681 g/mol. The third-order valence-electron chi connectivity index (χ3n) is 6.30. The van der Waals surface area contributed by atoms with Gasteiger partial charge in [-0.1, -0.05) is 25.9 Å². The molecule has 2 unspecified atom stereocenters. The van der Waals surface area contributed by atoms with Crippen LogP contribution in [0.15, 0.2) is 0 Å². The highest BCUT2D eigenvalue weighted by Gasteiger charge is 2.44. The Morgan fingerprint density at radius 3 is 1.55 bits per heavy atom. The summed E-state index contributed by atoms with van der Waals surface area (Å²) in [6, 6.07) is 6.89. The van der Waals surface area contributed by atoms with E-state index in [9.17, 15) is 0 Å². The number of hydrogen-bond donors (Lipinski definition) is 0. The maximum absolute atomic E-state index is 7.02. The summed E-state index contributed by atoms with van der Waals surface area (Å²) in [5, 5.41) is 0. The number of hydrogen-bond acceptors (Lipinski definition) is 8. The largest absolute Gasteiger partial charge is 0.468 e. The third kappa shape index (κ3) is 20.2. The van der Waals surface area contributed by atoms with Crippen LogP contribution in [-0.4, -0.2) is 113 Å². The Balaban J connectivity index is 5.19. The SMILES string of the molecule is C[SiH2]O[SiH2]CCC[SiH](C)O[Si](C)(O[SiH](C)CCC[SiH2]O[SiH2]C)O[Si](C)(C)CCC[Si](O[SiH3])(O[SiH3])O[SiH](C)C. The molecule has 0 aromatic heterocycles. The van der Waals surface area contributed by atoms with Crippen molar-refractivity contribution in [3.8, 4) is 0 Å². The first-order chi connectivity index (χ1) is 17.9. The summed E-state index contributed by atoms with van der Waals surface area (Å²) in [7, 11) is -10.9. The summed E-state index contributed by atoms with van der Waals surface area (Å²) in [4.78, 5) is 0. The first-order valence-corrected chi connectivity index (χ1v) is 38.6. The van der Waals surface area contributed by atoms with Crippen molar-refractivity contribution in [3.63, 3.8) is 0 Å². The molecule has 0 rings (SSSR count). The molecule has 0 spiro atoms. The molecule has 0 heterocycles. The minimum Gasteiger partial charge on any atom is -0.465 e. The van der Waals surface area contributed by atoms with Crippen LogP contribution in [-0.2, 0) is 32.9 Å². The topological polar surface area (TPSA) is 73.8 Å². The molecule has 0 radical (unpaired) electrons. The van der Waals surface area contributed by atoms with Gasteiger partial charge in [-0.05, 0) is 75.9 Å². The average molecular weight is 744 g/mol. The molecule has 0 fully saturated rings.